The van der Waals surface area contributed by atoms with Crippen molar-refractivity contribution in [3.8, 4) is 5.88 Å². The molecule has 0 bridgehead atoms. The Labute approximate surface area is 140 Å². The minimum absolute atomic E-state index is 0.0206. The maximum atomic E-state index is 11.9. The van der Waals surface area contributed by atoms with E-state index in [1.165, 1.54) is 6.20 Å². The molecule has 0 radical (unpaired) electrons. The topological polar surface area (TPSA) is 159 Å². The molecule has 0 atom stereocenters. The largest absolute Gasteiger partial charge is 0.493 e. The molecule has 0 fully saturated rings. The second kappa shape index (κ2) is 7.86. The van der Waals surface area contributed by atoms with E-state index in [9.17, 15) is 19.5 Å². The predicted octanol–water partition coefficient (Wildman–Crippen LogP) is 1.57. The van der Waals surface area contributed by atoms with E-state index in [2.05, 4.69) is 25.4 Å². The van der Waals surface area contributed by atoms with Gasteiger partial charge in [0.25, 0.3) is 5.56 Å². The van der Waals surface area contributed by atoms with Gasteiger partial charge in [0.05, 0.1) is 25.0 Å². The van der Waals surface area contributed by atoms with Crippen LogP contribution >= 0.6 is 0 Å². The standard InChI is InChI=1S/C14H15N5O6/c1-3-24-13(22)7-5-9(20)16-12(21)10(7)17-19-11-8(6-15-18-11)14(23)25-4-2/h5-6H,3-4H2,1-2H3,(H,15,18)(H2,16,20,21). The third-order valence-corrected chi connectivity index (χ3v) is 2.86. The van der Waals surface area contributed by atoms with E-state index in [1.807, 2.05) is 0 Å². The molecule has 0 amide bonds. The van der Waals surface area contributed by atoms with Crippen molar-refractivity contribution in [2.75, 3.05) is 13.2 Å². The highest BCUT2D eigenvalue weighted by molar-refractivity contribution is 5.96. The fraction of sp³-hybridized carbons (Fsp3) is 0.286. The zero-order valence-corrected chi connectivity index (χ0v) is 13.4. The Morgan fingerprint density at radius 2 is 1.80 bits per heavy atom. The summed E-state index contributed by atoms with van der Waals surface area (Å²) < 4.78 is 9.65. The number of carbonyl (C=O) groups excluding carboxylic acids is 2. The number of nitrogens with zero attached hydrogens (tertiary/aromatic N) is 3. The van der Waals surface area contributed by atoms with E-state index >= 15 is 0 Å². The Hall–Kier alpha value is -3.50. The van der Waals surface area contributed by atoms with E-state index in [4.69, 9.17) is 9.47 Å². The third kappa shape index (κ3) is 4.07. The quantitative estimate of drug-likeness (QED) is 0.527. The van der Waals surface area contributed by atoms with E-state index in [0.717, 1.165) is 6.07 Å². The number of rotatable bonds is 6. The molecule has 0 aliphatic carbocycles. The normalized spacial score (nSPS) is 10.8. The first kappa shape index (κ1) is 17.8. The van der Waals surface area contributed by atoms with Crippen LogP contribution in [-0.2, 0) is 9.47 Å². The van der Waals surface area contributed by atoms with Crippen molar-refractivity contribution in [1.29, 1.82) is 0 Å². The van der Waals surface area contributed by atoms with Crippen LogP contribution in [0.25, 0.3) is 0 Å². The van der Waals surface area contributed by atoms with Crippen molar-refractivity contribution in [3.05, 3.63) is 33.7 Å². The smallest absolute Gasteiger partial charge is 0.343 e. The first-order valence-electron chi connectivity index (χ1n) is 7.23. The van der Waals surface area contributed by atoms with Gasteiger partial charge in [-0.1, -0.05) is 0 Å². The van der Waals surface area contributed by atoms with Gasteiger partial charge in [0.15, 0.2) is 11.5 Å². The molecule has 2 rings (SSSR count). The molecule has 3 N–H and O–H groups in total. The van der Waals surface area contributed by atoms with Gasteiger partial charge in [0.2, 0.25) is 5.88 Å². The van der Waals surface area contributed by atoms with Crippen LogP contribution in [0.2, 0.25) is 0 Å². The number of esters is 2. The fourth-order valence-electron chi connectivity index (χ4n) is 1.82. The van der Waals surface area contributed by atoms with Gasteiger partial charge in [0.1, 0.15) is 5.56 Å². The summed E-state index contributed by atoms with van der Waals surface area (Å²) in [5.41, 5.74) is -1.29. The Kier molecular flexibility index (Phi) is 5.61. The van der Waals surface area contributed by atoms with Crippen molar-refractivity contribution < 1.29 is 24.2 Å². The molecule has 0 aliphatic rings. The minimum Gasteiger partial charge on any atom is -0.493 e. The molecular formula is C14H15N5O6. The van der Waals surface area contributed by atoms with Crippen LogP contribution in [0.4, 0.5) is 11.5 Å². The van der Waals surface area contributed by atoms with Gasteiger partial charge in [0, 0.05) is 6.07 Å². The van der Waals surface area contributed by atoms with E-state index in [1.54, 1.807) is 13.8 Å². The number of pyridine rings is 1. The van der Waals surface area contributed by atoms with Crippen LogP contribution in [0.1, 0.15) is 34.6 Å². The lowest BCUT2D eigenvalue weighted by atomic mass is 10.2. The number of aromatic hydroxyl groups is 1. The fourth-order valence-corrected chi connectivity index (χ4v) is 1.82. The van der Waals surface area contributed by atoms with Crippen LogP contribution in [0, 0.1) is 0 Å². The number of ether oxygens (including phenoxy) is 2. The van der Waals surface area contributed by atoms with Gasteiger partial charge in [-0.2, -0.15) is 5.10 Å². The number of hydrogen-bond acceptors (Lipinski definition) is 9. The Morgan fingerprint density at radius 1 is 1.16 bits per heavy atom. The lowest BCUT2D eigenvalue weighted by Crippen LogP contribution is -2.12. The molecule has 2 heterocycles. The highest BCUT2D eigenvalue weighted by Gasteiger charge is 2.19. The van der Waals surface area contributed by atoms with E-state index in [-0.39, 0.29) is 35.8 Å². The molecule has 132 valence electrons. The molecule has 2 aromatic heterocycles. The molecule has 0 aliphatic heterocycles. The van der Waals surface area contributed by atoms with E-state index < -0.39 is 23.4 Å². The number of nitrogens with one attached hydrogen (secondary N) is 2. The summed E-state index contributed by atoms with van der Waals surface area (Å²) in [5.74, 6) is -2.23. The van der Waals surface area contributed by atoms with Gasteiger partial charge < -0.3 is 14.6 Å². The molecule has 11 nitrogen and oxygen atoms in total. The third-order valence-electron chi connectivity index (χ3n) is 2.86. The lowest BCUT2D eigenvalue weighted by Gasteiger charge is -2.05. The Morgan fingerprint density at radius 3 is 2.44 bits per heavy atom. The number of hydrogen-bond donors (Lipinski definition) is 3. The second-order valence-corrected chi connectivity index (χ2v) is 4.52. The lowest BCUT2D eigenvalue weighted by molar-refractivity contribution is 0.0517. The molecule has 25 heavy (non-hydrogen) atoms. The average Bonchev–Trinajstić information content (AvgIpc) is 3.02. The highest BCUT2D eigenvalue weighted by atomic mass is 16.5. The second-order valence-electron chi connectivity index (χ2n) is 4.52. The summed E-state index contributed by atoms with van der Waals surface area (Å²) in [6, 6.07) is 0.922. The summed E-state index contributed by atoms with van der Waals surface area (Å²) in [5, 5.41) is 23.4. The summed E-state index contributed by atoms with van der Waals surface area (Å²) in [7, 11) is 0. The minimum atomic E-state index is -0.854. The molecule has 0 unspecified atom stereocenters. The SMILES string of the molecule is CCOC(=O)c1cn[nH]c1N=Nc1c(C(=O)OCC)cc(=O)[nH]c1O. The first-order valence-corrected chi connectivity index (χ1v) is 7.23. The van der Waals surface area contributed by atoms with Gasteiger partial charge in [-0.15, -0.1) is 10.2 Å². The predicted molar refractivity (Wildman–Crippen MR) is 83.4 cm³/mol. The van der Waals surface area contributed by atoms with Crippen LogP contribution < -0.4 is 5.56 Å². The first-order chi connectivity index (χ1) is 12.0. The molecule has 2 aromatic rings. The number of aromatic nitrogens is 3. The van der Waals surface area contributed by atoms with Crippen molar-refractivity contribution in [2.45, 2.75) is 13.8 Å². The molecule has 0 saturated carbocycles. The van der Waals surface area contributed by atoms with Crippen molar-refractivity contribution in [1.82, 2.24) is 15.2 Å². The summed E-state index contributed by atoms with van der Waals surface area (Å²) >= 11 is 0. The summed E-state index contributed by atoms with van der Waals surface area (Å²) in [6.07, 6.45) is 1.20. The van der Waals surface area contributed by atoms with Crippen molar-refractivity contribution in [2.24, 2.45) is 10.2 Å². The number of aromatic amines is 2. The van der Waals surface area contributed by atoms with Gasteiger partial charge >= 0.3 is 11.9 Å². The van der Waals surface area contributed by atoms with Crippen LogP contribution in [0.5, 0.6) is 5.88 Å². The number of carbonyl (C=O) groups is 2. The monoisotopic (exact) mass is 349 g/mol. The number of azo groups is 1. The number of H-pyrrole nitrogens is 2. The molecular weight excluding hydrogens is 334 g/mol. The summed E-state index contributed by atoms with van der Waals surface area (Å²) in [4.78, 5) is 37.2. The summed E-state index contributed by atoms with van der Waals surface area (Å²) in [6.45, 7) is 3.45. The Bertz CT molecular complexity index is 869. The molecule has 0 saturated heterocycles. The van der Waals surface area contributed by atoms with Crippen LogP contribution in [-0.4, -0.2) is 45.4 Å². The maximum Gasteiger partial charge on any atom is 0.343 e. The highest BCUT2D eigenvalue weighted by Crippen LogP contribution is 2.29. The van der Waals surface area contributed by atoms with Gasteiger partial charge in [-0.05, 0) is 13.8 Å². The molecule has 11 heteroatoms. The average molecular weight is 349 g/mol. The van der Waals surface area contributed by atoms with Crippen molar-refractivity contribution >= 4 is 23.4 Å². The van der Waals surface area contributed by atoms with E-state index in [0.29, 0.717) is 0 Å². The zero-order valence-electron chi connectivity index (χ0n) is 13.4. The van der Waals surface area contributed by atoms with Crippen LogP contribution in [0.15, 0.2) is 27.3 Å². The molecule has 0 spiro atoms. The molecule has 0 aromatic carbocycles. The van der Waals surface area contributed by atoms with Gasteiger partial charge in [-0.25, -0.2) is 9.59 Å². The van der Waals surface area contributed by atoms with Crippen molar-refractivity contribution in [3.63, 3.8) is 0 Å². The van der Waals surface area contributed by atoms with Crippen LogP contribution in [0.3, 0.4) is 0 Å². The maximum absolute atomic E-state index is 11.9. The Balaban J connectivity index is 2.42. The zero-order chi connectivity index (χ0) is 18.4. The van der Waals surface area contributed by atoms with Gasteiger partial charge in [-0.3, -0.25) is 14.9 Å².